The molecule has 14 heteroatoms. The molecule has 5 N–H and O–H groups in total. The Morgan fingerprint density at radius 1 is 1.37 bits per heavy atom. The van der Waals surface area contributed by atoms with E-state index in [1.165, 1.54) is 12.3 Å². The molecule has 1 saturated heterocycles. The highest BCUT2D eigenvalue weighted by Crippen LogP contribution is 2.20. The molecule has 2 amide bonds. The molecule has 2 unspecified atom stereocenters. The van der Waals surface area contributed by atoms with Crippen LogP contribution in [0.1, 0.15) is 12.6 Å². The molecule has 2 atom stereocenters. The summed E-state index contributed by atoms with van der Waals surface area (Å²) in [5.74, 6) is -4.06. The Labute approximate surface area is 155 Å². The summed E-state index contributed by atoms with van der Waals surface area (Å²) in [6, 6.07) is -1.63. The van der Waals surface area contributed by atoms with Crippen molar-refractivity contribution < 1.29 is 39.1 Å². The standard InChI is InChI=1S/C13H15N5O8S/c1-5-9(12(24)18(5)26-3-8(21)22)16-11(23)10(17-25-2-7(19)20)6-4-27-13(14)15-6/h4-5,9H,2-3H2,1H3,(H2,14,15)(H,16,23)(H,19,20)(H,21,22)/b17-10-. The summed E-state index contributed by atoms with van der Waals surface area (Å²) in [4.78, 5) is 58.7. The Hall–Kier alpha value is -3.26. The van der Waals surface area contributed by atoms with E-state index in [0.29, 0.717) is 0 Å². The minimum Gasteiger partial charge on any atom is -0.479 e. The van der Waals surface area contributed by atoms with Crippen LogP contribution >= 0.6 is 11.3 Å². The third kappa shape index (κ3) is 4.89. The van der Waals surface area contributed by atoms with Gasteiger partial charge in [-0.15, -0.1) is 11.3 Å². The molecule has 2 rings (SSSR count). The maximum Gasteiger partial charge on any atom is 0.344 e. The molecule has 1 aromatic heterocycles. The molecule has 1 aliphatic heterocycles. The zero-order valence-electron chi connectivity index (χ0n) is 13.8. The zero-order valence-corrected chi connectivity index (χ0v) is 14.6. The van der Waals surface area contributed by atoms with E-state index in [2.05, 4.69) is 20.3 Å². The van der Waals surface area contributed by atoms with Crippen molar-refractivity contribution in [2.24, 2.45) is 5.16 Å². The highest BCUT2D eigenvalue weighted by molar-refractivity contribution is 7.13. The Balaban J connectivity index is 2.06. The number of aromatic nitrogens is 1. The van der Waals surface area contributed by atoms with Crippen molar-refractivity contribution in [3.05, 3.63) is 11.1 Å². The summed E-state index contributed by atoms with van der Waals surface area (Å²) in [6.07, 6.45) is 0. The lowest BCUT2D eigenvalue weighted by Crippen LogP contribution is -2.70. The van der Waals surface area contributed by atoms with Gasteiger partial charge in [0, 0.05) is 5.38 Å². The van der Waals surface area contributed by atoms with Crippen molar-refractivity contribution in [1.29, 1.82) is 0 Å². The number of anilines is 1. The molecule has 0 aliphatic carbocycles. The van der Waals surface area contributed by atoms with Gasteiger partial charge in [0.05, 0.1) is 6.04 Å². The maximum atomic E-state index is 12.4. The van der Waals surface area contributed by atoms with Crippen LogP contribution in [0.3, 0.4) is 0 Å². The molecule has 0 radical (unpaired) electrons. The van der Waals surface area contributed by atoms with E-state index in [1.54, 1.807) is 0 Å². The number of aliphatic carboxylic acids is 2. The second-order valence-corrected chi connectivity index (χ2v) is 6.09. The topological polar surface area (TPSA) is 194 Å². The van der Waals surface area contributed by atoms with E-state index >= 15 is 0 Å². The van der Waals surface area contributed by atoms with Gasteiger partial charge in [-0.2, -0.15) is 0 Å². The molecule has 0 saturated carbocycles. The van der Waals surface area contributed by atoms with Gasteiger partial charge < -0.3 is 26.1 Å². The number of nitrogens with two attached hydrogens (primary N) is 1. The first kappa shape index (κ1) is 20.1. The van der Waals surface area contributed by atoms with Crippen LogP contribution in [0, 0.1) is 0 Å². The lowest BCUT2D eigenvalue weighted by molar-refractivity contribution is -0.233. The summed E-state index contributed by atoms with van der Waals surface area (Å²) in [6.45, 7) is 0.0450. The van der Waals surface area contributed by atoms with E-state index in [-0.39, 0.29) is 16.5 Å². The average Bonchev–Trinajstić information content (AvgIpc) is 3.02. The predicted octanol–water partition coefficient (Wildman–Crippen LogP) is -1.74. The van der Waals surface area contributed by atoms with Crippen LogP contribution in [0.5, 0.6) is 0 Å². The maximum absolute atomic E-state index is 12.4. The van der Waals surface area contributed by atoms with Crippen LogP contribution in [-0.4, -0.2) is 75.0 Å². The number of hydroxylamine groups is 2. The molecular formula is C13H15N5O8S. The number of β-lactam (4-membered cyclic amide) rings is 1. The molecule has 1 fully saturated rings. The Morgan fingerprint density at radius 3 is 2.56 bits per heavy atom. The van der Waals surface area contributed by atoms with E-state index in [9.17, 15) is 19.2 Å². The lowest BCUT2D eigenvalue weighted by atomic mass is 10.00. The van der Waals surface area contributed by atoms with Crippen LogP contribution < -0.4 is 11.1 Å². The highest BCUT2D eigenvalue weighted by Gasteiger charge is 2.47. The number of hydrogen-bond donors (Lipinski definition) is 4. The van der Waals surface area contributed by atoms with Crippen molar-refractivity contribution in [3.8, 4) is 0 Å². The Morgan fingerprint density at radius 2 is 2.04 bits per heavy atom. The molecule has 1 aliphatic rings. The Kier molecular flexibility index (Phi) is 6.25. The largest absolute Gasteiger partial charge is 0.479 e. The van der Waals surface area contributed by atoms with E-state index in [1.807, 2.05) is 0 Å². The SMILES string of the molecule is CC1C(NC(=O)/C(=N\OCC(=O)O)c2csc(N)n2)C(=O)N1OCC(=O)O. The minimum atomic E-state index is -1.30. The number of oxime groups is 1. The average molecular weight is 401 g/mol. The number of hydrogen-bond acceptors (Lipinski definition) is 10. The van der Waals surface area contributed by atoms with Gasteiger partial charge in [0.15, 0.2) is 17.5 Å². The second kappa shape index (κ2) is 8.41. The molecular weight excluding hydrogens is 386 g/mol. The van der Waals surface area contributed by atoms with Crippen molar-refractivity contribution in [2.45, 2.75) is 19.0 Å². The number of carboxylic acids is 2. The fourth-order valence-corrected chi connectivity index (χ4v) is 2.60. The van der Waals surface area contributed by atoms with Crippen LogP contribution in [0.2, 0.25) is 0 Å². The van der Waals surface area contributed by atoms with Crippen LogP contribution in [0.25, 0.3) is 0 Å². The zero-order chi connectivity index (χ0) is 20.1. The monoisotopic (exact) mass is 401 g/mol. The lowest BCUT2D eigenvalue weighted by Gasteiger charge is -2.43. The number of nitrogens with one attached hydrogen (secondary N) is 1. The molecule has 1 aromatic rings. The number of amides is 2. The smallest absolute Gasteiger partial charge is 0.344 e. The van der Waals surface area contributed by atoms with E-state index in [4.69, 9.17) is 20.8 Å². The molecule has 27 heavy (non-hydrogen) atoms. The number of carbonyl (C=O) groups excluding carboxylic acids is 2. The summed E-state index contributed by atoms with van der Waals surface area (Å²) >= 11 is 1.02. The summed E-state index contributed by atoms with van der Waals surface area (Å²) in [7, 11) is 0. The van der Waals surface area contributed by atoms with E-state index < -0.39 is 49.1 Å². The van der Waals surface area contributed by atoms with Crippen LogP contribution in [0.15, 0.2) is 10.5 Å². The van der Waals surface area contributed by atoms with Crippen molar-refractivity contribution in [1.82, 2.24) is 15.4 Å². The third-order valence-electron chi connectivity index (χ3n) is 3.27. The molecule has 2 heterocycles. The molecule has 0 bridgehead atoms. The molecule has 146 valence electrons. The van der Waals surface area contributed by atoms with Gasteiger partial charge in [-0.1, -0.05) is 5.16 Å². The van der Waals surface area contributed by atoms with Crippen molar-refractivity contribution in [2.75, 3.05) is 18.9 Å². The number of rotatable bonds is 9. The summed E-state index contributed by atoms with van der Waals surface area (Å²) < 4.78 is 0. The fourth-order valence-electron chi connectivity index (χ4n) is 2.05. The molecule has 13 nitrogen and oxygen atoms in total. The normalized spacial score (nSPS) is 19.4. The number of nitrogens with zero attached hydrogens (tertiary/aromatic N) is 3. The minimum absolute atomic E-state index is 0.0406. The second-order valence-electron chi connectivity index (χ2n) is 5.20. The van der Waals surface area contributed by atoms with Gasteiger partial charge in [0.25, 0.3) is 11.8 Å². The van der Waals surface area contributed by atoms with Crippen LogP contribution in [0.4, 0.5) is 5.13 Å². The quantitative estimate of drug-likeness (QED) is 0.210. The summed E-state index contributed by atoms with van der Waals surface area (Å²) in [5, 5.41) is 25.4. The first-order valence-corrected chi connectivity index (χ1v) is 8.20. The fraction of sp³-hybridized carbons (Fsp3) is 0.385. The number of carbonyl (C=O) groups is 4. The van der Waals surface area contributed by atoms with Gasteiger partial charge in [0.2, 0.25) is 6.61 Å². The first-order chi connectivity index (χ1) is 12.7. The van der Waals surface area contributed by atoms with Crippen LogP contribution in [-0.2, 0) is 28.9 Å². The molecule has 0 spiro atoms. The van der Waals surface area contributed by atoms with Gasteiger partial charge in [-0.05, 0) is 6.92 Å². The molecule has 0 aromatic carbocycles. The van der Waals surface area contributed by atoms with E-state index in [0.717, 1.165) is 16.4 Å². The van der Waals surface area contributed by atoms with Crippen molar-refractivity contribution in [3.63, 3.8) is 0 Å². The Bertz CT molecular complexity index is 793. The van der Waals surface area contributed by atoms with Gasteiger partial charge in [-0.3, -0.25) is 14.4 Å². The number of thiazole rings is 1. The van der Waals surface area contributed by atoms with Gasteiger partial charge in [0.1, 0.15) is 11.7 Å². The third-order valence-corrected chi connectivity index (χ3v) is 3.95. The highest BCUT2D eigenvalue weighted by atomic mass is 32.1. The van der Waals surface area contributed by atoms with Gasteiger partial charge in [-0.25, -0.2) is 19.6 Å². The van der Waals surface area contributed by atoms with Gasteiger partial charge >= 0.3 is 11.9 Å². The number of carboxylic acid groups (broad SMARTS) is 2. The summed E-state index contributed by atoms with van der Waals surface area (Å²) in [5.41, 5.74) is 5.19. The first-order valence-electron chi connectivity index (χ1n) is 7.32. The predicted molar refractivity (Wildman–Crippen MR) is 88.5 cm³/mol. The number of nitrogen functional groups attached to an aromatic ring is 1. The van der Waals surface area contributed by atoms with Crippen molar-refractivity contribution >= 4 is 45.9 Å².